The zero-order valence-electron chi connectivity index (χ0n) is 13.4. The molecular formula is C18H22N2OS. The van der Waals surface area contributed by atoms with Gasteiger partial charge in [-0.15, -0.1) is 0 Å². The van der Waals surface area contributed by atoms with Gasteiger partial charge in [-0.1, -0.05) is 24.3 Å². The van der Waals surface area contributed by atoms with Gasteiger partial charge in [0.25, 0.3) is 0 Å². The Labute approximate surface area is 137 Å². The van der Waals surface area contributed by atoms with Crippen molar-refractivity contribution < 1.29 is 4.74 Å². The lowest BCUT2D eigenvalue weighted by Gasteiger charge is -2.19. The van der Waals surface area contributed by atoms with Gasteiger partial charge in [0.05, 0.1) is 13.2 Å². The van der Waals surface area contributed by atoms with Gasteiger partial charge in [0, 0.05) is 11.3 Å². The SMILES string of the molecule is COc1ccccc1[C@@H](C)NC(=S)Nc1ccc(C)c(C)c1. The summed E-state index contributed by atoms with van der Waals surface area (Å²) in [5.74, 6) is 0.858. The van der Waals surface area contributed by atoms with E-state index in [1.807, 2.05) is 30.3 Å². The molecule has 0 aliphatic carbocycles. The first-order valence-corrected chi connectivity index (χ1v) is 7.69. The molecule has 1 atom stereocenters. The maximum absolute atomic E-state index is 5.40. The van der Waals surface area contributed by atoms with E-state index in [1.165, 1.54) is 11.1 Å². The lowest BCUT2D eigenvalue weighted by atomic mass is 10.1. The topological polar surface area (TPSA) is 33.3 Å². The van der Waals surface area contributed by atoms with Gasteiger partial charge in [-0.2, -0.15) is 0 Å². The van der Waals surface area contributed by atoms with Crippen molar-refractivity contribution in [2.24, 2.45) is 0 Å². The molecule has 0 saturated carbocycles. The molecule has 0 unspecified atom stereocenters. The largest absolute Gasteiger partial charge is 0.496 e. The van der Waals surface area contributed by atoms with Crippen molar-refractivity contribution in [1.82, 2.24) is 5.32 Å². The molecule has 2 N–H and O–H groups in total. The summed E-state index contributed by atoms with van der Waals surface area (Å²) in [6.07, 6.45) is 0. The molecule has 2 aromatic rings. The molecule has 4 heteroatoms. The van der Waals surface area contributed by atoms with Crippen molar-refractivity contribution in [3.63, 3.8) is 0 Å². The molecule has 0 fully saturated rings. The third kappa shape index (κ3) is 3.98. The molecule has 3 nitrogen and oxygen atoms in total. The fraction of sp³-hybridized carbons (Fsp3) is 0.278. The summed E-state index contributed by atoms with van der Waals surface area (Å²) >= 11 is 5.40. The number of thiocarbonyl (C=S) groups is 1. The molecule has 2 rings (SSSR count). The Hall–Kier alpha value is -2.07. The van der Waals surface area contributed by atoms with Crippen LogP contribution in [0.1, 0.15) is 29.7 Å². The van der Waals surface area contributed by atoms with Crippen LogP contribution in [0.15, 0.2) is 42.5 Å². The van der Waals surface area contributed by atoms with Crippen molar-refractivity contribution in [2.45, 2.75) is 26.8 Å². The van der Waals surface area contributed by atoms with Crippen LogP contribution in [0.25, 0.3) is 0 Å². The molecule has 22 heavy (non-hydrogen) atoms. The smallest absolute Gasteiger partial charge is 0.171 e. The highest BCUT2D eigenvalue weighted by Gasteiger charge is 2.11. The molecule has 0 amide bonds. The zero-order valence-corrected chi connectivity index (χ0v) is 14.3. The zero-order chi connectivity index (χ0) is 16.1. The second-order valence-electron chi connectivity index (χ2n) is 5.36. The average Bonchev–Trinajstić information content (AvgIpc) is 2.50. The Kier molecular flexibility index (Phi) is 5.39. The minimum Gasteiger partial charge on any atom is -0.496 e. The number of ether oxygens (including phenoxy) is 1. The second-order valence-corrected chi connectivity index (χ2v) is 5.77. The molecular weight excluding hydrogens is 292 g/mol. The standard InChI is InChI=1S/C18H22N2OS/c1-12-9-10-15(11-13(12)2)20-18(22)19-14(3)16-7-5-6-8-17(16)21-4/h5-11,14H,1-4H3,(H2,19,20,22)/t14-/m1/s1. The first kappa shape index (κ1) is 16.3. The van der Waals surface area contributed by atoms with Crippen molar-refractivity contribution >= 4 is 23.0 Å². The number of methoxy groups -OCH3 is 1. The predicted octanol–water partition coefficient (Wildman–Crippen LogP) is 4.36. The van der Waals surface area contributed by atoms with E-state index >= 15 is 0 Å². The van der Waals surface area contributed by atoms with E-state index < -0.39 is 0 Å². The van der Waals surface area contributed by atoms with Crippen LogP contribution in [0.4, 0.5) is 5.69 Å². The summed E-state index contributed by atoms with van der Waals surface area (Å²) in [5, 5.41) is 7.12. The molecule has 0 heterocycles. The van der Waals surface area contributed by atoms with Crippen LogP contribution in [0.3, 0.4) is 0 Å². The summed E-state index contributed by atoms with van der Waals surface area (Å²) in [5.41, 5.74) is 4.58. The fourth-order valence-corrected chi connectivity index (χ4v) is 2.58. The van der Waals surface area contributed by atoms with Gasteiger partial charge in [0.1, 0.15) is 5.75 Å². The highest BCUT2D eigenvalue weighted by Crippen LogP contribution is 2.24. The summed E-state index contributed by atoms with van der Waals surface area (Å²) in [7, 11) is 1.68. The van der Waals surface area contributed by atoms with Crippen LogP contribution in [-0.2, 0) is 0 Å². The number of benzene rings is 2. The molecule has 0 aromatic heterocycles. The lowest BCUT2D eigenvalue weighted by Crippen LogP contribution is -2.31. The van der Waals surface area contributed by atoms with E-state index in [2.05, 4.69) is 43.5 Å². The molecule has 116 valence electrons. The number of hydrogen-bond acceptors (Lipinski definition) is 2. The fourth-order valence-electron chi connectivity index (χ4n) is 2.28. The summed E-state index contributed by atoms with van der Waals surface area (Å²) in [6.45, 7) is 6.25. The van der Waals surface area contributed by atoms with Crippen LogP contribution in [-0.4, -0.2) is 12.2 Å². The third-order valence-electron chi connectivity index (χ3n) is 3.72. The third-order valence-corrected chi connectivity index (χ3v) is 3.94. The maximum Gasteiger partial charge on any atom is 0.171 e. The Bertz CT molecular complexity index is 670. The molecule has 0 saturated heterocycles. The molecule has 0 spiro atoms. The van der Waals surface area contributed by atoms with E-state index in [9.17, 15) is 0 Å². The highest BCUT2D eigenvalue weighted by atomic mass is 32.1. The quantitative estimate of drug-likeness (QED) is 0.822. The highest BCUT2D eigenvalue weighted by molar-refractivity contribution is 7.80. The number of aryl methyl sites for hydroxylation is 2. The molecule has 0 aliphatic rings. The Balaban J connectivity index is 2.03. The number of nitrogens with one attached hydrogen (secondary N) is 2. The van der Waals surface area contributed by atoms with Crippen molar-refractivity contribution in [3.8, 4) is 5.75 Å². The van der Waals surface area contributed by atoms with Gasteiger partial charge in [-0.3, -0.25) is 0 Å². The van der Waals surface area contributed by atoms with Gasteiger partial charge < -0.3 is 15.4 Å². The number of hydrogen-bond donors (Lipinski definition) is 2. The van der Waals surface area contributed by atoms with Crippen LogP contribution in [0.2, 0.25) is 0 Å². The first-order valence-electron chi connectivity index (χ1n) is 7.29. The predicted molar refractivity (Wildman–Crippen MR) is 96.7 cm³/mol. The summed E-state index contributed by atoms with van der Waals surface area (Å²) in [6, 6.07) is 14.2. The Morgan fingerprint density at radius 2 is 1.82 bits per heavy atom. The minimum absolute atomic E-state index is 0.0581. The van der Waals surface area contributed by atoms with Gasteiger partial charge in [-0.25, -0.2) is 0 Å². The van der Waals surface area contributed by atoms with E-state index in [-0.39, 0.29) is 6.04 Å². The van der Waals surface area contributed by atoms with Crippen molar-refractivity contribution in [2.75, 3.05) is 12.4 Å². The minimum atomic E-state index is 0.0581. The van der Waals surface area contributed by atoms with E-state index in [1.54, 1.807) is 7.11 Å². The average molecular weight is 314 g/mol. The van der Waals surface area contributed by atoms with Gasteiger partial charge >= 0.3 is 0 Å². The van der Waals surface area contributed by atoms with E-state index in [0.29, 0.717) is 5.11 Å². The van der Waals surface area contributed by atoms with Gasteiger partial charge in [0.15, 0.2) is 5.11 Å². The van der Waals surface area contributed by atoms with Gasteiger partial charge in [0.2, 0.25) is 0 Å². The Morgan fingerprint density at radius 3 is 2.50 bits per heavy atom. The molecule has 0 aliphatic heterocycles. The molecule has 0 radical (unpaired) electrons. The summed E-state index contributed by atoms with van der Waals surface area (Å²) < 4.78 is 5.39. The van der Waals surface area contributed by atoms with Crippen LogP contribution < -0.4 is 15.4 Å². The van der Waals surface area contributed by atoms with Crippen LogP contribution in [0.5, 0.6) is 5.75 Å². The number of anilines is 1. The Morgan fingerprint density at radius 1 is 1.09 bits per heavy atom. The lowest BCUT2D eigenvalue weighted by molar-refractivity contribution is 0.405. The number of rotatable bonds is 4. The second kappa shape index (κ2) is 7.27. The molecule has 0 bridgehead atoms. The van der Waals surface area contributed by atoms with Crippen LogP contribution >= 0.6 is 12.2 Å². The monoisotopic (exact) mass is 314 g/mol. The van der Waals surface area contributed by atoms with Crippen molar-refractivity contribution in [3.05, 3.63) is 59.2 Å². The first-order chi connectivity index (χ1) is 10.5. The number of para-hydroxylation sites is 1. The maximum atomic E-state index is 5.40. The van der Waals surface area contributed by atoms with Gasteiger partial charge in [-0.05, 0) is 62.3 Å². The summed E-state index contributed by atoms with van der Waals surface area (Å²) in [4.78, 5) is 0. The van der Waals surface area contributed by atoms with E-state index in [4.69, 9.17) is 17.0 Å². The van der Waals surface area contributed by atoms with Crippen LogP contribution in [0, 0.1) is 13.8 Å². The van der Waals surface area contributed by atoms with Crippen molar-refractivity contribution in [1.29, 1.82) is 0 Å². The van der Waals surface area contributed by atoms with E-state index in [0.717, 1.165) is 17.0 Å². The normalized spacial score (nSPS) is 11.6. The molecule has 2 aromatic carbocycles.